The number of halogens is 1. The Morgan fingerprint density at radius 2 is 2.30 bits per heavy atom. The summed E-state index contributed by atoms with van der Waals surface area (Å²) in [5.41, 5.74) is 3.46. The quantitative estimate of drug-likeness (QED) is 0.477. The number of carboxylic acid groups (broad SMARTS) is 1. The van der Waals surface area contributed by atoms with Crippen LogP contribution in [0.3, 0.4) is 0 Å². The van der Waals surface area contributed by atoms with E-state index < -0.39 is 12.0 Å². The topological polar surface area (TPSA) is 64.9 Å². The third-order valence-corrected chi connectivity index (χ3v) is 1.66. The number of hydrogen-bond acceptors (Lipinski definition) is 2. The lowest BCUT2D eigenvalue weighted by Gasteiger charge is -1.98. The largest absolute Gasteiger partial charge is 1.00 e. The molecule has 0 amide bonds. The van der Waals surface area contributed by atoms with Crippen LogP contribution in [0, 0.1) is 0 Å². The predicted octanol–water partition coefficient (Wildman–Crippen LogP) is -3.56. The Labute approximate surface area is 70.8 Å². The molecule has 0 aromatic heterocycles. The summed E-state index contributed by atoms with van der Waals surface area (Å²) in [6.45, 7) is 0. The standard InChI is InChI=1S/C5H11NO2S.ClH/c1-9-3-2-4(6)5(7)8;/h4H,2-3,6H2,1H3,(H,7,8);1H/t4-;/m0./s1. The third-order valence-electron chi connectivity index (χ3n) is 1.02. The monoisotopic (exact) mass is 185 g/mol. The molecule has 0 bridgehead atoms. The van der Waals surface area contributed by atoms with Crippen LogP contribution >= 0.6 is 11.8 Å². The molecule has 0 spiro atoms. The van der Waals surface area contributed by atoms with Gasteiger partial charge in [0.15, 0.2) is 6.04 Å². The van der Waals surface area contributed by atoms with Crippen LogP contribution in [-0.2, 0) is 4.79 Å². The van der Waals surface area contributed by atoms with E-state index in [9.17, 15) is 4.79 Å². The van der Waals surface area contributed by atoms with Gasteiger partial charge in [-0.1, -0.05) is 0 Å². The lowest BCUT2D eigenvalue weighted by atomic mass is 10.2. The number of rotatable bonds is 4. The Hall–Kier alpha value is 0.0700. The van der Waals surface area contributed by atoms with E-state index in [1.807, 2.05) is 6.26 Å². The van der Waals surface area contributed by atoms with Gasteiger partial charge in [0.05, 0.1) is 0 Å². The zero-order chi connectivity index (χ0) is 7.28. The van der Waals surface area contributed by atoms with E-state index in [0.29, 0.717) is 6.42 Å². The van der Waals surface area contributed by atoms with E-state index in [4.69, 9.17) is 5.11 Å². The van der Waals surface area contributed by atoms with Crippen LogP contribution in [0.4, 0.5) is 0 Å². The highest BCUT2D eigenvalue weighted by Gasteiger charge is 2.13. The average Bonchev–Trinajstić information content (AvgIpc) is 1.82. The molecular weight excluding hydrogens is 174 g/mol. The second kappa shape index (κ2) is 7.18. The van der Waals surface area contributed by atoms with E-state index in [1.54, 1.807) is 11.8 Å². The molecule has 0 unspecified atom stereocenters. The summed E-state index contributed by atoms with van der Waals surface area (Å²) < 4.78 is 0. The molecule has 0 aromatic rings. The molecule has 0 saturated carbocycles. The predicted molar refractivity (Wildman–Crippen MR) is 37.3 cm³/mol. The number of quaternary nitrogens is 1. The maximum Gasteiger partial charge on any atom is 0.362 e. The van der Waals surface area contributed by atoms with Crippen molar-refractivity contribution < 1.29 is 28.0 Å². The zero-order valence-corrected chi connectivity index (χ0v) is 7.41. The molecule has 0 rings (SSSR count). The number of carboxylic acids is 1. The van der Waals surface area contributed by atoms with Gasteiger partial charge in [-0.25, -0.2) is 4.79 Å². The molecule has 0 radical (unpaired) electrons. The first-order valence-electron chi connectivity index (χ1n) is 2.73. The van der Waals surface area contributed by atoms with Crippen molar-refractivity contribution in [3.8, 4) is 0 Å². The van der Waals surface area contributed by atoms with Crippen molar-refractivity contribution in [1.82, 2.24) is 0 Å². The molecule has 0 heterocycles. The van der Waals surface area contributed by atoms with Gasteiger partial charge in [0.25, 0.3) is 0 Å². The maximum atomic E-state index is 10.1. The molecule has 0 fully saturated rings. The van der Waals surface area contributed by atoms with E-state index >= 15 is 0 Å². The SMILES string of the molecule is CSCC[C@H]([NH3+])C(=O)O.[Cl-]. The van der Waals surface area contributed by atoms with Crippen LogP contribution in [-0.4, -0.2) is 29.1 Å². The lowest BCUT2D eigenvalue weighted by Crippen LogP contribution is -3.00. The van der Waals surface area contributed by atoms with Gasteiger partial charge < -0.3 is 23.2 Å². The van der Waals surface area contributed by atoms with Gasteiger partial charge in [-0.3, -0.25) is 0 Å². The van der Waals surface area contributed by atoms with Crippen LogP contribution in [0.5, 0.6) is 0 Å². The molecule has 10 heavy (non-hydrogen) atoms. The van der Waals surface area contributed by atoms with Crippen molar-refractivity contribution in [2.24, 2.45) is 0 Å². The van der Waals surface area contributed by atoms with Gasteiger partial charge >= 0.3 is 5.97 Å². The first kappa shape index (κ1) is 12.7. The van der Waals surface area contributed by atoms with Crippen molar-refractivity contribution in [1.29, 1.82) is 0 Å². The van der Waals surface area contributed by atoms with Crippen LogP contribution in [0.25, 0.3) is 0 Å². The normalized spacial score (nSPS) is 11.8. The van der Waals surface area contributed by atoms with Gasteiger partial charge in [-0.2, -0.15) is 11.8 Å². The average molecular weight is 186 g/mol. The first-order valence-corrected chi connectivity index (χ1v) is 4.12. The number of aliphatic carboxylic acids is 1. The highest BCUT2D eigenvalue weighted by molar-refractivity contribution is 7.98. The minimum Gasteiger partial charge on any atom is -1.00 e. The molecule has 0 aliphatic heterocycles. The molecule has 0 aromatic carbocycles. The third kappa shape index (κ3) is 6.19. The minimum atomic E-state index is -0.802. The Morgan fingerprint density at radius 1 is 1.80 bits per heavy atom. The van der Waals surface area contributed by atoms with E-state index in [1.165, 1.54) is 0 Å². The Morgan fingerprint density at radius 3 is 2.60 bits per heavy atom. The van der Waals surface area contributed by atoms with Crippen molar-refractivity contribution in [2.75, 3.05) is 12.0 Å². The lowest BCUT2D eigenvalue weighted by molar-refractivity contribution is -0.407. The van der Waals surface area contributed by atoms with Gasteiger partial charge in [-0.05, 0) is 12.0 Å². The van der Waals surface area contributed by atoms with Gasteiger partial charge in [0.1, 0.15) is 0 Å². The summed E-state index contributed by atoms with van der Waals surface area (Å²) in [6, 6.07) is -0.433. The van der Waals surface area contributed by atoms with Crippen molar-refractivity contribution in [3.05, 3.63) is 0 Å². The first-order chi connectivity index (χ1) is 4.18. The van der Waals surface area contributed by atoms with Crippen LogP contribution in [0.1, 0.15) is 6.42 Å². The maximum absolute atomic E-state index is 10.1. The molecule has 5 heteroatoms. The number of hydrogen-bond donors (Lipinski definition) is 2. The van der Waals surface area contributed by atoms with Crippen molar-refractivity contribution in [2.45, 2.75) is 12.5 Å². The Balaban J connectivity index is 0. The molecule has 4 N–H and O–H groups in total. The summed E-state index contributed by atoms with van der Waals surface area (Å²) in [7, 11) is 0. The second-order valence-electron chi connectivity index (χ2n) is 1.82. The van der Waals surface area contributed by atoms with Crippen molar-refractivity contribution >= 4 is 17.7 Å². The molecular formula is C5H12ClNO2S. The smallest absolute Gasteiger partial charge is 0.362 e. The Kier molecular flexibility index (Phi) is 9.13. The molecule has 0 aliphatic rings. The van der Waals surface area contributed by atoms with Crippen molar-refractivity contribution in [3.63, 3.8) is 0 Å². The van der Waals surface area contributed by atoms with Crippen LogP contribution in [0.2, 0.25) is 0 Å². The fourth-order valence-electron chi connectivity index (χ4n) is 0.384. The van der Waals surface area contributed by atoms with E-state index in [0.717, 1.165) is 5.75 Å². The van der Waals surface area contributed by atoms with Crippen LogP contribution < -0.4 is 18.1 Å². The highest BCUT2D eigenvalue weighted by atomic mass is 35.5. The molecule has 62 valence electrons. The molecule has 3 nitrogen and oxygen atoms in total. The molecule has 0 saturated heterocycles. The fraction of sp³-hybridized carbons (Fsp3) is 0.800. The summed E-state index contributed by atoms with van der Waals surface area (Å²) >= 11 is 1.64. The summed E-state index contributed by atoms with van der Waals surface area (Å²) in [5, 5.41) is 8.34. The number of carbonyl (C=O) groups is 1. The molecule has 1 atom stereocenters. The molecule has 0 aliphatic carbocycles. The second-order valence-corrected chi connectivity index (χ2v) is 2.80. The zero-order valence-electron chi connectivity index (χ0n) is 5.84. The highest BCUT2D eigenvalue weighted by Crippen LogP contribution is 1.96. The minimum absolute atomic E-state index is 0. The Bertz CT molecular complexity index is 102. The van der Waals surface area contributed by atoms with Gasteiger partial charge in [-0.15, -0.1) is 0 Å². The number of thioether (sulfide) groups is 1. The van der Waals surface area contributed by atoms with Gasteiger partial charge in [0.2, 0.25) is 0 Å². The van der Waals surface area contributed by atoms with Crippen LogP contribution in [0.15, 0.2) is 0 Å². The van der Waals surface area contributed by atoms with E-state index in [2.05, 4.69) is 5.73 Å². The fourth-order valence-corrected chi connectivity index (χ4v) is 0.904. The summed E-state index contributed by atoms with van der Waals surface area (Å²) in [5.74, 6) is 0.0737. The summed E-state index contributed by atoms with van der Waals surface area (Å²) in [6.07, 6.45) is 2.62. The van der Waals surface area contributed by atoms with E-state index in [-0.39, 0.29) is 12.4 Å². The van der Waals surface area contributed by atoms with Gasteiger partial charge in [0, 0.05) is 6.42 Å². The summed E-state index contributed by atoms with van der Waals surface area (Å²) in [4.78, 5) is 10.1.